The first-order valence-electron chi connectivity index (χ1n) is 4.49. The second-order valence-electron chi connectivity index (χ2n) is 3.22. The van der Waals surface area contributed by atoms with Gasteiger partial charge < -0.3 is 4.74 Å². The summed E-state index contributed by atoms with van der Waals surface area (Å²) < 4.78 is 5.79. The van der Waals surface area contributed by atoms with Crippen molar-refractivity contribution < 1.29 is 9.53 Å². The summed E-state index contributed by atoms with van der Waals surface area (Å²) in [5, 5.41) is 0.557. The Labute approximate surface area is 101 Å². The molecule has 0 saturated heterocycles. The average molecular weight is 288 g/mol. The van der Waals surface area contributed by atoms with Crippen molar-refractivity contribution in [2.45, 2.75) is 6.42 Å². The molecule has 0 atom stereocenters. The van der Waals surface area contributed by atoms with Gasteiger partial charge in [-0.15, -0.1) is 0 Å². The van der Waals surface area contributed by atoms with E-state index in [4.69, 9.17) is 16.3 Å². The maximum atomic E-state index is 12.0. The molecule has 0 fully saturated rings. The van der Waals surface area contributed by atoms with Crippen LogP contribution in [0.5, 0.6) is 0 Å². The van der Waals surface area contributed by atoms with Gasteiger partial charge in [0.2, 0.25) is 0 Å². The van der Waals surface area contributed by atoms with E-state index in [1.807, 2.05) is 0 Å². The van der Waals surface area contributed by atoms with Crippen LogP contribution in [-0.4, -0.2) is 12.4 Å². The first kappa shape index (κ1) is 10.7. The van der Waals surface area contributed by atoms with Crippen LogP contribution in [0, 0.1) is 0 Å². The van der Waals surface area contributed by atoms with E-state index in [0.29, 0.717) is 29.2 Å². The number of Topliss-reactive ketones (excluding diaryl/α,β-unsaturated/α-hetero) is 1. The van der Waals surface area contributed by atoms with Crippen molar-refractivity contribution in [3.63, 3.8) is 0 Å². The highest BCUT2D eigenvalue weighted by Crippen LogP contribution is 2.25. The molecule has 0 amide bonds. The molecule has 4 heteroatoms. The number of ketones is 1. The maximum absolute atomic E-state index is 12.0. The monoisotopic (exact) mass is 286 g/mol. The number of carbonyl (C=O) groups is 1. The highest BCUT2D eigenvalue weighted by molar-refractivity contribution is 9.10. The Balaban J connectivity index is 2.36. The van der Waals surface area contributed by atoms with Gasteiger partial charge in [0.05, 0.1) is 12.9 Å². The van der Waals surface area contributed by atoms with Crippen LogP contribution in [0.25, 0.3) is 0 Å². The fourth-order valence-corrected chi connectivity index (χ4v) is 2.00. The number of carbonyl (C=O) groups excluding carboxylic acids is 1. The van der Waals surface area contributed by atoms with Crippen molar-refractivity contribution in [3.05, 3.63) is 45.1 Å². The van der Waals surface area contributed by atoms with E-state index < -0.39 is 0 Å². The van der Waals surface area contributed by atoms with Crippen LogP contribution in [0.1, 0.15) is 16.8 Å². The van der Waals surface area contributed by atoms with E-state index in [1.54, 1.807) is 18.2 Å². The van der Waals surface area contributed by atoms with Crippen molar-refractivity contribution in [1.29, 1.82) is 0 Å². The number of ether oxygens (including phenoxy) is 1. The molecule has 0 saturated carbocycles. The third-order valence-electron chi connectivity index (χ3n) is 2.18. The van der Waals surface area contributed by atoms with Crippen LogP contribution in [0.2, 0.25) is 5.02 Å². The summed E-state index contributed by atoms with van der Waals surface area (Å²) in [4.78, 5) is 12.0. The van der Waals surface area contributed by atoms with Crippen LogP contribution in [0.15, 0.2) is 34.5 Å². The number of benzene rings is 1. The Hall–Kier alpha value is -0.800. The molecule has 1 aliphatic heterocycles. The predicted octanol–water partition coefficient (Wildman–Crippen LogP) is 3.59. The van der Waals surface area contributed by atoms with Gasteiger partial charge in [-0.3, -0.25) is 4.79 Å². The predicted molar refractivity (Wildman–Crippen MR) is 62.1 cm³/mol. The fourth-order valence-electron chi connectivity index (χ4n) is 1.40. The zero-order valence-corrected chi connectivity index (χ0v) is 10.1. The Morgan fingerprint density at radius 3 is 2.93 bits per heavy atom. The summed E-state index contributed by atoms with van der Waals surface area (Å²) in [5.74, 6) is -0.0260. The normalized spacial score (nSPS) is 14.7. The third kappa shape index (κ3) is 2.24. The molecule has 1 aromatic rings. The molecule has 2 rings (SSSR count). The van der Waals surface area contributed by atoms with Crippen molar-refractivity contribution in [3.8, 4) is 0 Å². The van der Waals surface area contributed by atoms with Gasteiger partial charge in [0.1, 0.15) is 0 Å². The minimum absolute atomic E-state index is 0.0260. The van der Waals surface area contributed by atoms with E-state index in [-0.39, 0.29) is 5.78 Å². The van der Waals surface area contributed by atoms with Crippen molar-refractivity contribution in [2.75, 3.05) is 6.61 Å². The summed E-state index contributed by atoms with van der Waals surface area (Å²) in [5.41, 5.74) is 1.28. The van der Waals surface area contributed by atoms with Gasteiger partial charge in [0.15, 0.2) is 5.78 Å². The standard InChI is InChI=1S/C11H8BrClO2/c12-10-2-1-8(13)5-9(10)11(14)7-3-4-15-6-7/h1-2,5-6H,3-4H2. The Bertz CT molecular complexity index is 440. The van der Waals surface area contributed by atoms with E-state index >= 15 is 0 Å². The van der Waals surface area contributed by atoms with E-state index in [0.717, 1.165) is 4.47 Å². The van der Waals surface area contributed by atoms with Gasteiger partial charge in [-0.25, -0.2) is 0 Å². The van der Waals surface area contributed by atoms with Gasteiger partial charge in [-0.1, -0.05) is 27.5 Å². The third-order valence-corrected chi connectivity index (χ3v) is 3.11. The molecule has 0 spiro atoms. The molecular weight excluding hydrogens is 279 g/mol. The lowest BCUT2D eigenvalue weighted by Crippen LogP contribution is -2.03. The summed E-state index contributed by atoms with van der Waals surface area (Å²) in [6.45, 7) is 0.583. The first-order chi connectivity index (χ1) is 7.18. The van der Waals surface area contributed by atoms with Crippen LogP contribution in [0.4, 0.5) is 0 Å². The zero-order valence-electron chi connectivity index (χ0n) is 7.80. The Morgan fingerprint density at radius 2 is 2.27 bits per heavy atom. The SMILES string of the molecule is O=C(C1=COCC1)c1cc(Cl)ccc1Br. The van der Waals surface area contributed by atoms with Gasteiger partial charge in [0.25, 0.3) is 0 Å². The van der Waals surface area contributed by atoms with E-state index in [2.05, 4.69) is 15.9 Å². The molecule has 0 aromatic heterocycles. The lowest BCUT2D eigenvalue weighted by atomic mass is 10.0. The summed E-state index contributed by atoms with van der Waals surface area (Å²) in [6.07, 6.45) is 2.19. The van der Waals surface area contributed by atoms with Crippen molar-refractivity contribution in [1.82, 2.24) is 0 Å². The molecule has 1 aliphatic rings. The van der Waals surface area contributed by atoms with Crippen LogP contribution >= 0.6 is 27.5 Å². The average Bonchev–Trinajstić information content (AvgIpc) is 2.74. The molecule has 1 aromatic carbocycles. The second-order valence-corrected chi connectivity index (χ2v) is 4.51. The maximum Gasteiger partial charge on any atom is 0.193 e. The lowest BCUT2D eigenvalue weighted by Gasteiger charge is -2.03. The molecule has 15 heavy (non-hydrogen) atoms. The van der Waals surface area contributed by atoms with Crippen molar-refractivity contribution >= 4 is 33.3 Å². The quantitative estimate of drug-likeness (QED) is 0.777. The highest BCUT2D eigenvalue weighted by Gasteiger charge is 2.18. The minimum Gasteiger partial charge on any atom is -0.500 e. The number of hydrogen-bond acceptors (Lipinski definition) is 2. The molecule has 1 heterocycles. The molecule has 0 radical (unpaired) electrons. The largest absolute Gasteiger partial charge is 0.500 e. The zero-order chi connectivity index (χ0) is 10.8. The van der Waals surface area contributed by atoms with Crippen LogP contribution in [0.3, 0.4) is 0 Å². The molecular formula is C11H8BrClO2. The van der Waals surface area contributed by atoms with Gasteiger partial charge in [-0.05, 0) is 18.2 Å². The van der Waals surface area contributed by atoms with Gasteiger partial charge >= 0.3 is 0 Å². The highest BCUT2D eigenvalue weighted by atomic mass is 79.9. The van der Waals surface area contributed by atoms with E-state index in [1.165, 1.54) is 6.26 Å². The fraction of sp³-hybridized carbons (Fsp3) is 0.182. The minimum atomic E-state index is -0.0260. The Morgan fingerprint density at radius 1 is 1.47 bits per heavy atom. The molecule has 0 N–H and O–H groups in total. The van der Waals surface area contributed by atoms with Gasteiger partial charge in [0, 0.05) is 27.1 Å². The van der Waals surface area contributed by atoms with E-state index in [9.17, 15) is 4.79 Å². The lowest BCUT2D eigenvalue weighted by molar-refractivity contribution is 0.103. The van der Waals surface area contributed by atoms with Gasteiger partial charge in [-0.2, -0.15) is 0 Å². The molecule has 0 aliphatic carbocycles. The summed E-state index contributed by atoms with van der Waals surface area (Å²) in [7, 11) is 0. The number of halogens is 2. The number of rotatable bonds is 2. The molecule has 0 unspecified atom stereocenters. The molecule has 2 nitrogen and oxygen atoms in total. The summed E-state index contributed by atoms with van der Waals surface area (Å²) >= 11 is 9.17. The Kier molecular flexibility index (Phi) is 3.12. The summed E-state index contributed by atoms with van der Waals surface area (Å²) in [6, 6.07) is 5.17. The first-order valence-corrected chi connectivity index (χ1v) is 5.66. The van der Waals surface area contributed by atoms with Crippen LogP contribution in [-0.2, 0) is 4.74 Å². The molecule has 78 valence electrons. The smallest absolute Gasteiger partial charge is 0.193 e. The van der Waals surface area contributed by atoms with Crippen LogP contribution < -0.4 is 0 Å². The second kappa shape index (κ2) is 4.37. The number of hydrogen-bond donors (Lipinski definition) is 0. The topological polar surface area (TPSA) is 26.3 Å². The molecule has 0 bridgehead atoms. The van der Waals surface area contributed by atoms with Crippen molar-refractivity contribution in [2.24, 2.45) is 0 Å².